The minimum absolute atomic E-state index is 0.0367. The summed E-state index contributed by atoms with van der Waals surface area (Å²) in [6, 6.07) is 9.62. The number of rotatable bonds is 6. The van der Waals surface area contributed by atoms with Gasteiger partial charge in [0, 0.05) is 45.0 Å². The first-order chi connectivity index (χ1) is 13.4. The van der Waals surface area contributed by atoms with Crippen LogP contribution in [0.15, 0.2) is 34.5 Å². The van der Waals surface area contributed by atoms with Crippen LogP contribution in [0.5, 0.6) is 0 Å². The molecule has 0 amide bonds. The van der Waals surface area contributed by atoms with Gasteiger partial charge in [0.15, 0.2) is 0 Å². The number of nitrogens with zero attached hydrogens (tertiary/aromatic N) is 2. The van der Waals surface area contributed by atoms with Gasteiger partial charge in [-0.25, -0.2) is 13.1 Å². The van der Waals surface area contributed by atoms with Gasteiger partial charge in [-0.1, -0.05) is 23.7 Å². The second-order valence-electron chi connectivity index (χ2n) is 7.13. The average Bonchev–Trinajstić information content (AvgIpc) is 3.29. The number of hydrogen-bond acceptors (Lipinski definition) is 6. The first-order valence-corrected chi connectivity index (χ1v) is 12.0. The summed E-state index contributed by atoms with van der Waals surface area (Å²) in [6.07, 6.45) is 1.02. The van der Waals surface area contributed by atoms with E-state index < -0.39 is 10.0 Å². The number of anilines is 1. The maximum absolute atomic E-state index is 12.7. The predicted octanol–water partition coefficient (Wildman–Crippen LogP) is 2.75. The summed E-state index contributed by atoms with van der Waals surface area (Å²) >= 11 is 6.98. The largest absolute Gasteiger partial charge is 0.379 e. The number of nitrogens with one attached hydrogen (secondary N) is 1. The standard InChI is InChI=1S/C19H24ClN3O3S2/c1-22-7-6-15-12-14(2-3-16(15)22)17(23-8-10-26-11-9-23)13-21-28(24,25)19-5-4-18(20)27-19/h2-5,12,17,21H,6-11,13H2,1H3/t17-/m1/s1. The minimum atomic E-state index is -3.58. The Kier molecular flexibility index (Phi) is 5.96. The van der Waals surface area contributed by atoms with Crippen molar-refractivity contribution in [3.63, 3.8) is 0 Å². The van der Waals surface area contributed by atoms with E-state index in [2.05, 4.69) is 39.8 Å². The van der Waals surface area contributed by atoms with Gasteiger partial charge >= 0.3 is 0 Å². The Labute approximate surface area is 175 Å². The number of ether oxygens (including phenoxy) is 1. The number of benzene rings is 1. The number of sulfonamides is 1. The van der Waals surface area contributed by atoms with Crippen LogP contribution in [-0.4, -0.2) is 59.8 Å². The van der Waals surface area contributed by atoms with Crippen LogP contribution in [0.1, 0.15) is 17.2 Å². The lowest BCUT2D eigenvalue weighted by atomic mass is 10.0. The van der Waals surface area contributed by atoms with E-state index in [9.17, 15) is 8.42 Å². The molecule has 0 bridgehead atoms. The molecule has 28 heavy (non-hydrogen) atoms. The summed E-state index contributed by atoms with van der Waals surface area (Å²) in [4.78, 5) is 4.56. The molecule has 2 aromatic rings. The number of hydrogen-bond donors (Lipinski definition) is 1. The molecule has 0 unspecified atom stereocenters. The van der Waals surface area contributed by atoms with Gasteiger partial charge < -0.3 is 9.64 Å². The van der Waals surface area contributed by atoms with Crippen LogP contribution in [0, 0.1) is 0 Å². The van der Waals surface area contributed by atoms with Gasteiger partial charge in [0.1, 0.15) is 4.21 Å². The van der Waals surface area contributed by atoms with Crippen molar-refractivity contribution >= 4 is 38.6 Å². The molecule has 1 saturated heterocycles. The Morgan fingerprint density at radius 1 is 1.21 bits per heavy atom. The van der Waals surface area contributed by atoms with Gasteiger partial charge in [0.05, 0.1) is 17.6 Å². The maximum atomic E-state index is 12.7. The Morgan fingerprint density at radius 3 is 2.71 bits per heavy atom. The molecule has 0 radical (unpaired) electrons. The van der Waals surface area contributed by atoms with Gasteiger partial charge in [-0.15, -0.1) is 11.3 Å². The third kappa shape index (κ3) is 4.22. The molecule has 2 aliphatic heterocycles. The monoisotopic (exact) mass is 441 g/mol. The Balaban J connectivity index is 1.57. The number of halogens is 1. The van der Waals surface area contributed by atoms with Gasteiger partial charge in [-0.2, -0.15) is 0 Å². The van der Waals surface area contributed by atoms with E-state index in [1.54, 1.807) is 12.1 Å². The van der Waals surface area contributed by atoms with Crippen molar-refractivity contribution in [2.75, 3.05) is 51.3 Å². The SMILES string of the molecule is CN1CCc2cc([C@@H](CNS(=O)(=O)c3ccc(Cl)s3)N3CCOCC3)ccc21. The second-order valence-corrected chi connectivity index (χ2v) is 10.8. The smallest absolute Gasteiger partial charge is 0.250 e. The summed E-state index contributed by atoms with van der Waals surface area (Å²) in [5, 5.41) is 0. The lowest BCUT2D eigenvalue weighted by Gasteiger charge is -2.35. The third-order valence-electron chi connectivity index (χ3n) is 5.38. The highest BCUT2D eigenvalue weighted by Crippen LogP contribution is 2.32. The zero-order chi connectivity index (χ0) is 19.7. The predicted molar refractivity (Wildman–Crippen MR) is 113 cm³/mol. The molecule has 4 rings (SSSR count). The zero-order valence-corrected chi connectivity index (χ0v) is 18.1. The number of fused-ring (bicyclic) bond motifs is 1. The van der Waals surface area contributed by atoms with Crippen LogP contribution < -0.4 is 9.62 Å². The maximum Gasteiger partial charge on any atom is 0.250 e. The van der Waals surface area contributed by atoms with Crippen molar-refractivity contribution in [3.8, 4) is 0 Å². The van der Waals surface area contributed by atoms with Crippen LogP contribution in [-0.2, 0) is 21.2 Å². The number of likely N-dealkylation sites (N-methyl/N-ethyl adjacent to an activating group) is 1. The molecule has 6 nitrogen and oxygen atoms in total. The normalized spacial score (nSPS) is 19.0. The van der Waals surface area contributed by atoms with Crippen molar-refractivity contribution in [3.05, 3.63) is 45.8 Å². The summed E-state index contributed by atoms with van der Waals surface area (Å²) in [5.41, 5.74) is 3.73. The van der Waals surface area contributed by atoms with Crippen molar-refractivity contribution in [1.29, 1.82) is 0 Å². The number of thiophene rings is 1. The fourth-order valence-corrected chi connectivity index (χ4v) is 6.41. The molecule has 0 aliphatic carbocycles. The van der Waals surface area contributed by atoms with Crippen molar-refractivity contribution in [2.45, 2.75) is 16.7 Å². The molecule has 1 fully saturated rings. The van der Waals surface area contributed by atoms with Crippen molar-refractivity contribution in [2.24, 2.45) is 0 Å². The van der Waals surface area contributed by atoms with Crippen LogP contribution in [0.2, 0.25) is 4.34 Å². The lowest BCUT2D eigenvalue weighted by molar-refractivity contribution is 0.0172. The lowest BCUT2D eigenvalue weighted by Crippen LogP contribution is -2.43. The Hall–Kier alpha value is -1.16. The van der Waals surface area contributed by atoms with Crippen molar-refractivity contribution < 1.29 is 13.2 Å². The third-order valence-corrected chi connectivity index (χ3v) is 8.53. The van der Waals surface area contributed by atoms with Crippen LogP contribution in [0.3, 0.4) is 0 Å². The van der Waals surface area contributed by atoms with Gasteiger partial charge in [0.2, 0.25) is 10.0 Å². The van der Waals surface area contributed by atoms with Crippen LogP contribution >= 0.6 is 22.9 Å². The fourth-order valence-electron chi connectivity index (χ4n) is 3.84. The van der Waals surface area contributed by atoms with E-state index in [0.29, 0.717) is 24.1 Å². The molecule has 1 N–H and O–H groups in total. The molecule has 0 saturated carbocycles. The van der Waals surface area contributed by atoms with E-state index in [0.717, 1.165) is 43.0 Å². The van der Waals surface area contributed by atoms with E-state index >= 15 is 0 Å². The summed E-state index contributed by atoms with van der Waals surface area (Å²) in [6.45, 7) is 4.23. The fraction of sp³-hybridized carbons (Fsp3) is 0.474. The average molecular weight is 442 g/mol. The highest BCUT2D eigenvalue weighted by molar-refractivity contribution is 7.91. The van der Waals surface area contributed by atoms with Gasteiger partial charge in [-0.3, -0.25) is 4.90 Å². The molecule has 9 heteroatoms. The zero-order valence-electron chi connectivity index (χ0n) is 15.7. The number of morpholine rings is 1. The topological polar surface area (TPSA) is 61.9 Å². The van der Waals surface area contributed by atoms with E-state index in [1.165, 1.54) is 11.3 Å². The van der Waals surface area contributed by atoms with E-state index in [-0.39, 0.29) is 10.3 Å². The van der Waals surface area contributed by atoms with Gasteiger partial charge in [-0.05, 0) is 35.7 Å². The van der Waals surface area contributed by atoms with E-state index in [4.69, 9.17) is 16.3 Å². The van der Waals surface area contributed by atoms with Gasteiger partial charge in [0.25, 0.3) is 0 Å². The van der Waals surface area contributed by atoms with Crippen LogP contribution in [0.25, 0.3) is 0 Å². The van der Waals surface area contributed by atoms with E-state index in [1.807, 2.05) is 0 Å². The first kappa shape index (κ1) is 20.1. The summed E-state index contributed by atoms with van der Waals surface area (Å²) in [5.74, 6) is 0. The summed E-state index contributed by atoms with van der Waals surface area (Å²) in [7, 11) is -1.48. The molecule has 3 heterocycles. The highest BCUT2D eigenvalue weighted by Gasteiger charge is 2.27. The molecule has 1 atom stereocenters. The molecule has 1 aromatic carbocycles. The first-order valence-electron chi connectivity index (χ1n) is 9.35. The van der Waals surface area contributed by atoms with Crippen LogP contribution in [0.4, 0.5) is 5.69 Å². The highest BCUT2D eigenvalue weighted by atomic mass is 35.5. The molecule has 0 spiro atoms. The Bertz CT molecular complexity index is 942. The van der Waals surface area contributed by atoms with Crippen molar-refractivity contribution in [1.82, 2.24) is 9.62 Å². The Morgan fingerprint density at radius 2 is 2.00 bits per heavy atom. The second kappa shape index (κ2) is 8.30. The quantitative estimate of drug-likeness (QED) is 0.746. The molecule has 152 valence electrons. The minimum Gasteiger partial charge on any atom is -0.379 e. The molecule has 2 aliphatic rings. The molecule has 1 aromatic heterocycles. The summed E-state index contributed by atoms with van der Waals surface area (Å²) < 4.78 is 34.4. The molecular formula is C19H24ClN3O3S2. The molecular weight excluding hydrogens is 418 g/mol.